The van der Waals surface area contributed by atoms with Crippen LogP contribution in [0.5, 0.6) is 0 Å². The van der Waals surface area contributed by atoms with E-state index in [4.69, 9.17) is 0 Å². The standard InChI is InChI=1S/C10H6FNO3.Li/c11-7-4-2-1-3-6(7)8-5-9(10(13)14)15-12-8;/h1-5H,(H,13,14);/q;+1/p-1. The minimum atomic E-state index is -1.48. The van der Waals surface area contributed by atoms with Crippen LogP contribution in [0.3, 0.4) is 0 Å². The maximum atomic E-state index is 13.2. The molecule has 76 valence electrons. The molecule has 0 aliphatic heterocycles. The van der Waals surface area contributed by atoms with Crippen molar-refractivity contribution < 1.29 is 37.7 Å². The molecule has 2 rings (SSSR count). The van der Waals surface area contributed by atoms with Crippen LogP contribution in [-0.4, -0.2) is 11.1 Å². The van der Waals surface area contributed by atoms with Crippen LogP contribution in [0.15, 0.2) is 34.9 Å². The van der Waals surface area contributed by atoms with Crippen molar-refractivity contribution in [1.82, 2.24) is 5.16 Å². The third kappa shape index (κ3) is 2.32. The maximum Gasteiger partial charge on any atom is 1.00 e. The van der Waals surface area contributed by atoms with E-state index in [0.29, 0.717) is 0 Å². The molecule has 0 atom stereocenters. The van der Waals surface area contributed by atoms with E-state index in [-0.39, 0.29) is 30.1 Å². The van der Waals surface area contributed by atoms with Crippen molar-refractivity contribution in [2.45, 2.75) is 0 Å². The van der Waals surface area contributed by atoms with Crippen molar-refractivity contribution in [3.63, 3.8) is 0 Å². The average Bonchev–Trinajstić information content (AvgIpc) is 2.67. The largest absolute Gasteiger partial charge is 1.00 e. The summed E-state index contributed by atoms with van der Waals surface area (Å²) in [5.41, 5.74) is 0.320. The second-order valence-electron chi connectivity index (χ2n) is 2.84. The Balaban J connectivity index is 0.00000128. The number of carbonyl (C=O) groups excluding carboxylic acids is 1. The zero-order valence-electron chi connectivity index (χ0n) is 8.44. The molecule has 0 amide bonds. The Labute approximate surface area is 102 Å². The van der Waals surface area contributed by atoms with E-state index in [1.807, 2.05) is 0 Å². The summed E-state index contributed by atoms with van der Waals surface area (Å²) in [4.78, 5) is 10.4. The molecule has 6 heteroatoms. The molecule has 0 radical (unpaired) electrons. The molecule has 0 unspecified atom stereocenters. The molecule has 0 bridgehead atoms. The quantitative estimate of drug-likeness (QED) is 0.533. The molecule has 0 saturated carbocycles. The van der Waals surface area contributed by atoms with Gasteiger partial charge in [-0.05, 0) is 12.1 Å². The van der Waals surface area contributed by atoms with Gasteiger partial charge in [0.05, 0.1) is 0 Å². The SMILES string of the molecule is O=C([O-])c1cc(-c2ccccc2F)no1.[Li+]. The molecule has 4 nitrogen and oxygen atoms in total. The molecular weight excluding hydrogens is 208 g/mol. The van der Waals surface area contributed by atoms with Gasteiger partial charge in [-0.1, -0.05) is 17.3 Å². The predicted molar refractivity (Wildman–Crippen MR) is 46.2 cm³/mol. The summed E-state index contributed by atoms with van der Waals surface area (Å²) >= 11 is 0. The normalized spacial score (nSPS) is 9.56. The minimum Gasteiger partial charge on any atom is -0.541 e. The number of hydrogen-bond donors (Lipinski definition) is 0. The predicted octanol–water partition coefficient (Wildman–Crippen LogP) is -2.15. The number of carboxylic acid groups (broad SMARTS) is 1. The average molecular weight is 213 g/mol. The van der Waals surface area contributed by atoms with Crippen LogP contribution >= 0.6 is 0 Å². The van der Waals surface area contributed by atoms with Crippen molar-refractivity contribution in [3.05, 3.63) is 41.9 Å². The van der Waals surface area contributed by atoms with E-state index in [2.05, 4.69) is 9.68 Å². The van der Waals surface area contributed by atoms with Gasteiger partial charge in [0.2, 0.25) is 0 Å². The molecular formula is C10H5FLiNO3. The van der Waals surface area contributed by atoms with E-state index >= 15 is 0 Å². The fourth-order valence-corrected chi connectivity index (χ4v) is 1.17. The van der Waals surface area contributed by atoms with E-state index in [1.165, 1.54) is 18.2 Å². The van der Waals surface area contributed by atoms with Crippen LogP contribution in [0.2, 0.25) is 0 Å². The fourth-order valence-electron chi connectivity index (χ4n) is 1.17. The third-order valence-electron chi connectivity index (χ3n) is 1.86. The summed E-state index contributed by atoms with van der Waals surface area (Å²) < 4.78 is 17.7. The first-order valence-corrected chi connectivity index (χ1v) is 4.11. The van der Waals surface area contributed by atoms with Crippen LogP contribution in [0, 0.1) is 5.82 Å². The summed E-state index contributed by atoms with van der Waals surface area (Å²) in [6.07, 6.45) is 0. The van der Waals surface area contributed by atoms with Crippen molar-refractivity contribution in [3.8, 4) is 11.3 Å². The maximum absolute atomic E-state index is 13.2. The number of aromatic carboxylic acids is 1. The van der Waals surface area contributed by atoms with Gasteiger partial charge in [0.25, 0.3) is 0 Å². The van der Waals surface area contributed by atoms with Gasteiger partial charge in [-0.3, -0.25) is 0 Å². The number of hydrogen-bond acceptors (Lipinski definition) is 4. The monoisotopic (exact) mass is 213 g/mol. The van der Waals surface area contributed by atoms with E-state index < -0.39 is 17.5 Å². The molecule has 1 aromatic carbocycles. The van der Waals surface area contributed by atoms with Crippen LogP contribution in [0.4, 0.5) is 4.39 Å². The number of rotatable bonds is 2. The van der Waals surface area contributed by atoms with E-state index in [9.17, 15) is 14.3 Å². The fraction of sp³-hybridized carbons (Fsp3) is 0. The van der Waals surface area contributed by atoms with Crippen molar-refractivity contribution >= 4 is 5.97 Å². The van der Waals surface area contributed by atoms with Crippen molar-refractivity contribution in [1.29, 1.82) is 0 Å². The Morgan fingerprint density at radius 2 is 2.06 bits per heavy atom. The number of benzene rings is 1. The Bertz CT molecular complexity index is 512. The number of nitrogens with zero attached hydrogens (tertiary/aromatic N) is 1. The van der Waals surface area contributed by atoms with E-state index in [1.54, 1.807) is 6.07 Å². The van der Waals surface area contributed by atoms with Gasteiger partial charge in [-0.25, -0.2) is 4.39 Å². The van der Waals surface area contributed by atoms with E-state index in [0.717, 1.165) is 6.07 Å². The molecule has 0 N–H and O–H groups in total. The Morgan fingerprint density at radius 1 is 1.38 bits per heavy atom. The van der Waals surface area contributed by atoms with Gasteiger partial charge in [0, 0.05) is 11.6 Å². The summed E-state index contributed by atoms with van der Waals surface area (Å²) in [5, 5.41) is 13.8. The van der Waals surface area contributed by atoms with Crippen molar-refractivity contribution in [2.75, 3.05) is 0 Å². The second-order valence-corrected chi connectivity index (χ2v) is 2.84. The van der Waals surface area contributed by atoms with Gasteiger partial charge in [-0.2, -0.15) is 0 Å². The van der Waals surface area contributed by atoms with Gasteiger partial charge in [-0.15, -0.1) is 0 Å². The Morgan fingerprint density at radius 3 is 2.62 bits per heavy atom. The molecule has 1 aromatic heterocycles. The number of aromatic nitrogens is 1. The molecule has 0 spiro atoms. The molecule has 2 aromatic rings. The number of halogens is 1. The topological polar surface area (TPSA) is 66.2 Å². The molecule has 0 saturated heterocycles. The summed E-state index contributed by atoms with van der Waals surface area (Å²) in [5.74, 6) is -2.39. The molecule has 0 aliphatic rings. The van der Waals surface area contributed by atoms with Crippen LogP contribution < -0.4 is 24.0 Å². The second kappa shape index (κ2) is 4.97. The Kier molecular flexibility index (Phi) is 3.88. The summed E-state index contributed by atoms with van der Waals surface area (Å²) in [6.45, 7) is 0. The number of carboxylic acids is 1. The van der Waals surface area contributed by atoms with Crippen LogP contribution in [0.25, 0.3) is 11.3 Å². The molecule has 0 fully saturated rings. The third-order valence-corrected chi connectivity index (χ3v) is 1.86. The smallest absolute Gasteiger partial charge is 0.541 e. The summed E-state index contributed by atoms with van der Waals surface area (Å²) in [7, 11) is 0. The first-order valence-electron chi connectivity index (χ1n) is 4.11. The molecule has 1 heterocycles. The minimum absolute atomic E-state index is 0. The molecule has 0 aliphatic carbocycles. The van der Waals surface area contributed by atoms with Crippen LogP contribution in [0.1, 0.15) is 10.6 Å². The summed E-state index contributed by atoms with van der Waals surface area (Å²) in [6, 6.07) is 6.99. The molecule has 16 heavy (non-hydrogen) atoms. The van der Waals surface area contributed by atoms with Gasteiger partial charge >= 0.3 is 18.9 Å². The van der Waals surface area contributed by atoms with Gasteiger partial charge < -0.3 is 14.4 Å². The number of carbonyl (C=O) groups is 1. The first kappa shape index (κ1) is 12.5. The van der Waals surface area contributed by atoms with Gasteiger partial charge in [0.15, 0.2) is 5.76 Å². The van der Waals surface area contributed by atoms with Gasteiger partial charge in [0.1, 0.15) is 17.5 Å². The zero-order chi connectivity index (χ0) is 10.8. The van der Waals surface area contributed by atoms with Crippen molar-refractivity contribution in [2.24, 2.45) is 0 Å². The first-order chi connectivity index (χ1) is 7.18. The van der Waals surface area contributed by atoms with Crippen LogP contribution in [-0.2, 0) is 0 Å². The Hall–Kier alpha value is -1.57. The zero-order valence-corrected chi connectivity index (χ0v) is 8.44.